The van der Waals surface area contributed by atoms with E-state index in [0.29, 0.717) is 5.52 Å². The summed E-state index contributed by atoms with van der Waals surface area (Å²) in [4.78, 5) is 42.4. The van der Waals surface area contributed by atoms with Gasteiger partial charge < -0.3 is 21.5 Å². The first-order valence-electron chi connectivity index (χ1n) is 16.2. The molecule has 1 aliphatic carbocycles. The smallest absolute Gasteiger partial charge is 0.282 e. The minimum absolute atomic E-state index is 0.0132. The molecule has 2 aromatic carbocycles. The van der Waals surface area contributed by atoms with Crippen LogP contribution >= 0.6 is 0 Å². The summed E-state index contributed by atoms with van der Waals surface area (Å²) in [6.07, 6.45) is 3.79. The number of benzene rings is 2. The summed E-state index contributed by atoms with van der Waals surface area (Å²) in [7, 11) is -4.12. The zero-order valence-corrected chi connectivity index (χ0v) is 27.8. The summed E-state index contributed by atoms with van der Waals surface area (Å²) in [6, 6.07) is 18.0. The minimum atomic E-state index is -4.12. The second-order valence-electron chi connectivity index (χ2n) is 12.6. The molecule has 0 spiro atoms. The summed E-state index contributed by atoms with van der Waals surface area (Å²) < 4.78 is 31.7. The molecule has 13 heteroatoms. The molecule has 12 nitrogen and oxygen atoms in total. The maximum atomic E-state index is 13.9. The van der Waals surface area contributed by atoms with Crippen molar-refractivity contribution < 1.29 is 27.9 Å². The molecule has 1 unspecified atom stereocenters. The predicted molar refractivity (Wildman–Crippen MR) is 180 cm³/mol. The number of rotatable bonds is 16. The molecule has 6 N–H and O–H groups in total. The van der Waals surface area contributed by atoms with Gasteiger partial charge in [-0.15, -0.1) is 0 Å². The Labute approximate surface area is 276 Å². The van der Waals surface area contributed by atoms with Crippen LogP contribution in [0.2, 0.25) is 0 Å². The van der Waals surface area contributed by atoms with Crippen molar-refractivity contribution in [3.05, 3.63) is 78.0 Å². The average Bonchev–Trinajstić information content (AvgIpc) is 3.03. The van der Waals surface area contributed by atoms with Gasteiger partial charge in [-0.05, 0) is 36.5 Å². The number of nitrogens with zero attached hydrogens (tertiary/aromatic N) is 2. The number of para-hydroxylation sites is 1. The van der Waals surface area contributed by atoms with Crippen LogP contribution in [0, 0.1) is 5.92 Å². The highest BCUT2D eigenvalue weighted by molar-refractivity contribution is 7.87. The number of carbonyl (C=O) groups is 3. The number of amides is 3. The lowest BCUT2D eigenvalue weighted by Gasteiger charge is -2.41. The van der Waals surface area contributed by atoms with E-state index in [2.05, 4.69) is 20.3 Å². The van der Waals surface area contributed by atoms with Crippen molar-refractivity contribution in [2.45, 2.75) is 83.0 Å². The van der Waals surface area contributed by atoms with Gasteiger partial charge in [0.15, 0.2) is 0 Å². The number of carbonyl (C=O) groups excluding carboxylic acids is 3. The predicted octanol–water partition coefficient (Wildman–Crippen LogP) is 2.77. The van der Waals surface area contributed by atoms with Gasteiger partial charge in [-0.25, -0.2) is 4.98 Å². The van der Waals surface area contributed by atoms with Crippen LogP contribution in [0.1, 0.15) is 74.8 Å². The third-order valence-electron chi connectivity index (χ3n) is 8.25. The molecule has 1 heterocycles. The van der Waals surface area contributed by atoms with Crippen LogP contribution < -0.4 is 21.1 Å². The Morgan fingerprint density at radius 1 is 1.00 bits per heavy atom. The van der Waals surface area contributed by atoms with Crippen molar-refractivity contribution in [3.63, 3.8) is 0 Å². The first kappa shape index (κ1) is 35.9. The number of nitrogens with one attached hydrogen (secondary N) is 3. The Hall–Kier alpha value is -3.91. The molecule has 1 aromatic heterocycles. The number of hydrogen-bond acceptors (Lipinski definition) is 7. The zero-order chi connectivity index (χ0) is 34.0. The molecule has 3 amide bonds. The fourth-order valence-electron chi connectivity index (χ4n) is 5.85. The molecule has 4 rings (SSSR count). The lowest BCUT2D eigenvalue weighted by molar-refractivity contribution is -0.127. The van der Waals surface area contributed by atoms with Crippen molar-refractivity contribution in [1.29, 1.82) is 0 Å². The highest BCUT2D eigenvalue weighted by atomic mass is 32.2. The van der Waals surface area contributed by atoms with Crippen LogP contribution in [0.3, 0.4) is 0 Å². The number of nitrogens with two attached hydrogens (primary N) is 1. The van der Waals surface area contributed by atoms with Crippen molar-refractivity contribution in [1.82, 2.24) is 24.6 Å². The Morgan fingerprint density at radius 3 is 2.36 bits per heavy atom. The van der Waals surface area contributed by atoms with E-state index in [1.165, 1.54) is 6.07 Å². The van der Waals surface area contributed by atoms with Crippen molar-refractivity contribution in [3.8, 4) is 0 Å². The maximum Gasteiger partial charge on any atom is 0.282 e. The van der Waals surface area contributed by atoms with E-state index >= 15 is 0 Å². The molecule has 0 aliphatic heterocycles. The first-order valence-corrected chi connectivity index (χ1v) is 17.6. The van der Waals surface area contributed by atoms with Gasteiger partial charge in [-0.1, -0.05) is 87.7 Å². The topological polar surface area (TPSA) is 184 Å². The van der Waals surface area contributed by atoms with E-state index < -0.39 is 46.1 Å². The first-order chi connectivity index (χ1) is 22.4. The Balaban J connectivity index is 1.46. The minimum Gasteiger partial charge on any atom is -0.374 e. The van der Waals surface area contributed by atoms with Crippen molar-refractivity contribution >= 4 is 38.8 Å². The molecule has 0 bridgehead atoms. The number of fused-ring (bicyclic) bond motifs is 1. The summed E-state index contributed by atoms with van der Waals surface area (Å²) in [5.41, 5.74) is 5.02. The van der Waals surface area contributed by atoms with Gasteiger partial charge in [0, 0.05) is 37.4 Å². The van der Waals surface area contributed by atoms with Crippen LogP contribution in [0.15, 0.2) is 66.7 Å². The van der Waals surface area contributed by atoms with Gasteiger partial charge in [0.05, 0.1) is 11.9 Å². The van der Waals surface area contributed by atoms with Gasteiger partial charge >= 0.3 is 0 Å². The lowest BCUT2D eigenvalue weighted by Crippen LogP contribution is -2.60. The third kappa shape index (κ3) is 10.3. The standard InChI is InChI=1S/C34H46N6O6S/c1-24(2)23-40(47(45,46)39-27-14-7-4-8-15-27)34(44,22-25-11-5-3-6-12-25)19-20-36-31(41)21-30(32(35)42)38-33(43)29-18-17-26-13-9-10-16-28(26)37-29/h3,5-6,9-13,16-18,24,27,30,39,44H,4,7-8,14-15,19-23H2,1-2H3,(H2,35,42)(H,36,41)(H,38,43)/t30-,34?/m0/s1. The normalized spacial score (nSPS) is 16.1. The number of pyridine rings is 1. The van der Waals surface area contributed by atoms with Crippen molar-refractivity contribution in [2.75, 3.05) is 13.1 Å². The van der Waals surface area contributed by atoms with Crippen LogP contribution in [0.4, 0.5) is 0 Å². The van der Waals surface area contributed by atoms with Gasteiger partial charge in [-0.2, -0.15) is 17.4 Å². The molecular weight excluding hydrogens is 620 g/mol. The monoisotopic (exact) mass is 666 g/mol. The third-order valence-corrected chi connectivity index (χ3v) is 9.95. The second-order valence-corrected chi connectivity index (χ2v) is 14.3. The van der Waals surface area contributed by atoms with Crippen LogP contribution in [-0.2, 0) is 26.2 Å². The summed E-state index contributed by atoms with van der Waals surface area (Å²) in [5, 5.41) is 18.2. The fraction of sp³-hybridized carbons (Fsp3) is 0.471. The Kier molecular flexibility index (Phi) is 12.4. The molecule has 0 radical (unpaired) electrons. The van der Waals surface area contributed by atoms with E-state index in [1.54, 1.807) is 18.2 Å². The van der Waals surface area contributed by atoms with Gasteiger partial charge in [0.2, 0.25) is 11.8 Å². The molecule has 1 saturated carbocycles. The van der Waals surface area contributed by atoms with E-state index in [1.807, 2.05) is 56.3 Å². The number of aliphatic hydroxyl groups is 1. The van der Waals surface area contributed by atoms with Crippen LogP contribution in [0.5, 0.6) is 0 Å². The van der Waals surface area contributed by atoms with Crippen LogP contribution in [0.25, 0.3) is 10.9 Å². The average molecular weight is 667 g/mol. The quantitative estimate of drug-likeness (QED) is 0.146. The highest BCUT2D eigenvalue weighted by Gasteiger charge is 2.43. The van der Waals surface area contributed by atoms with Crippen LogP contribution in [-0.4, -0.2) is 71.4 Å². The van der Waals surface area contributed by atoms with E-state index in [0.717, 1.165) is 47.4 Å². The number of primary amides is 1. The van der Waals surface area contributed by atoms with Crippen molar-refractivity contribution in [2.24, 2.45) is 11.7 Å². The molecule has 0 saturated heterocycles. The molecule has 3 aromatic rings. The van der Waals surface area contributed by atoms with E-state index in [9.17, 15) is 27.9 Å². The maximum absolute atomic E-state index is 13.9. The molecule has 1 fully saturated rings. The number of aromatic nitrogens is 1. The van der Waals surface area contributed by atoms with E-state index in [-0.39, 0.29) is 43.6 Å². The second kappa shape index (κ2) is 16.3. The van der Waals surface area contributed by atoms with Gasteiger partial charge in [-0.3, -0.25) is 14.4 Å². The Morgan fingerprint density at radius 2 is 1.68 bits per heavy atom. The summed E-state index contributed by atoms with van der Waals surface area (Å²) in [6.45, 7) is 3.69. The zero-order valence-electron chi connectivity index (χ0n) is 27.0. The molecule has 2 atom stereocenters. The highest BCUT2D eigenvalue weighted by Crippen LogP contribution is 2.28. The SMILES string of the molecule is CC(C)CN(C(O)(CCNC(=O)C[C@H](NC(=O)c1ccc2ccccc2n1)C(N)=O)Cc1ccccc1)S(=O)(=O)NC1CCCCC1. The molecular formula is C34H46N6O6S. The summed E-state index contributed by atoms with van der Waals surface area (Å²) >= 11 is 0. The Bertz CT molecular complexity index is 1630. The lowest BCUT2D eigenvalue weighted by atomic mass is 9.96. The fourth-order valence-corrected chi connectivity index (χ4v) is 7.73. The van der Waals surface area contributed by atoms with Gasteiger partial charge in [0.25, 0.3) is 16.1 Å². The molecule has 1 aliphatic rings. The molecule has 47 heavy (non-hydrogen) atoms. The summed E-state index contributed by atoms with van der Waals surface area (Å²) in [5.74, 6) is -2.28. The largest absolute Gasteiger partial charge is 0.374 e. The van der Waals surface area contributed by atoms with Gasteiger partial charge in [0.1, 0.15) is 17.5 Å². The van der Waals surface area contributed by atoms with E-state index in [4.69, 9.17) is 5.73 Å². The number of hydrogen-bond donors (Lipinski definition) is 5. The molecule has 254 valence electrons.